The molecule has 2 aliphatic heterocycles. The Kier molecular flexibility index (Phi) is 5.28. The summed E-state index contributed by atoms with van der Waals surface area (Å²) >= 11 is 0. The highest BCUT2D eigenvalue weighted by molar-refractivity contribution is 5.75. The summed E-state index contributed by atoms with van der Waals surface area (Å²) in [7, 11) is 1.63. The van der Waals surface area contributed by atoms with Crippen LogP contribution in [0, 0.1) is 11.7 Å². The minimum absolute atomic E-state index is 0.172. The molecule has 11 heteroatoms. The van der Waals surface area contributed by atoms with Gasteiger partial charge in [-0.2, -0.15) is 4.98 Å². The average Bonchev–Trinajstić information content (AvgIpc) is 3.64. The standard InChI is InChI=1S/C24H26FN7O3/c1-29-21-20(22(33)31(24(29)34)9-6-15-2-4-17(25)5-3-15)32(14-19-27-8-11-35-19)23(28-21)30-10-7-16-12-26-13-18(16)30/h2-5,8,11,16,18,26H,6-7,9-10,12-14H2,1H3. The van der Waals surface area contributed by atoms with Crippen LogP contribution < -0.4 is 21.5 Å². The van der Waals surface area contributed by atoms with Crippen LogP contribution in [0.5, 0.6) is 0 Å². The first-order valence-electron chi connectivity index (χ1n) is 11.8. The van der Waals surface area contributed by atoms with Gasteiger partial charge in [0, 0.05) is 39.3 Å². The number of hydrogen-bond donors (Lipinski definition) is 1. The van der Waals surface area contributed by atoms with Crippen molar-refractivity contribution in [3.05, 3.63) is 74.8 Å². The number of imidazole rings is 1. The summed E-state index contributed by atoms with van der Waals surface area (Å²) in [6.45, 7) is 3.05. The number of aryl methyl sites for hydroxylation is 2. The average molecular weight is 480 g/mol. The summed E-state index contributed by atoms with van der Waals surface area (Å²) in [6, 6.07) is 6.35. The predicted molar refractivity (Wildman–Crippen MR) is 127 cm³/mol. The van der Waals surface area contributed by atoms with E-state index in [0.29, 0.717) is 35.3 Å². The molecule has 0 radical (unpaired) electrons. The fraction of sp³-hybridized carbons (Fsp3) is 0.417. The lowest BCUT2D eigenvalue weighted by Gasteiger charge is -2.25. The lowest BCUT2D eigenvalue weighted by atomic mass is 10.1. The number of hydrogen-bond acceptors (Lipinski definition) is 7. The zero-order valence-corrected chi connectivity index (χ0v) is 19.4. The van der Waals surface area contributed by atoms with E-state index in [4.69, 9.17) is 9.40 Å². The second-order valence-corrected chi connectivity index (χ2v) is 9.24. The maximum Gasteiger partial charge on any atom is 0.332 e. The Morgan fingerprint density at radius 1 is 1.17 bits per heavy atom. The molecular formula is C24H26FN7O3. The molecule has 0 bridgehead atoms. The highest BCUT2D eigenvalue weighted by Gasteiger charge is 2.40. The Balaban J connectivity index is 1.48. The van der Waals surface area contributed by atoms with E-state index in [1.807, 2.05) is 4.57 Å². The van der Waals surface area contributed by atoms with Crippen molar-refractivity contribution in [1.82, 2.24) is 29.0 Å². The maximum absolute atomic E-state index is 13.7. The van der Waals surface area contributed by atoms with Crippen molar-refractivity contribution in [2.24, 2.45) is 13.0 Å². The fourth-order valence-electron chi connectivity index (χ4n) is 5.38. The quantitative estimate of drug-likeness (QED) is 0.442. The molecule has 2 unspecified atom stereocenters. The van der Waals surface area contributed by atoms with E-state index < -0.39 is 11.2 Å². The molecule has 2 atom stereocenters. The third-order valence-corrected chi connectivity index (χ3v) is 7.23. The molecule has 1 N–H and O–H groups in total. The van der Waals surface area contributed by atoms with Crippen LogP contribution in [0.25, 0.3) is 11.2 Å². The summed E-state index contributed by atoms with van der Waals surface area (Å²) in [6.07, 6.45) is 4.53. The van der Waals surface area contributed by atoms with Gasteiger partial charge in [-0.25, -0.2) is 14.2 Å². The number of fused-ring (bicyclic) bond motifs is 2. The lowest BCUT2D eigenvalue weighted by molar-refractivity contribution is 0.478. The second-order valence-electron chi connectivity index (χ2n) is 9.24. The van der Waals surface area contributed by atoms with Gasteiger partial charge < -0.3 is 14.6 Å². The molecule has 5 heterocycles. The van der Waals surface area contributed by atoms with Crippen molar-refractivity contribution in [2.45, 2.75) is 32.0 Å². The summed E-state index contributed by atoms with van der Waals surface area (Å²) in [5, 5.41) is 3.45. The van der Waals surface area contributed by atoms with Crippen LogP contribution in [0.2, 0.25) is 0 Å². The first-order valence-corrected chi connectivity index (χ1v) is 11.8. The Labute approximate surface area is 199 Å². The van der Waals surface area contributed by atoms with Crippen LogP contribution in [-0.4, -0.2) is 49.3 Å². The first-order chi connectivity index (χ1) is 17.0. The number of rotatable bonds is 6. The number of oxazole rings is 1. The molecule has 0 saturated carbocycles. The van der Waals surface area contributed by atoms with Gasteiger partial charge in [0.1, 0.15) is 18.6 Å². The van der Waals surface area contributed by atoms with Gasteiger partial charge in [0.25, 0.3) is 5.56 Å². The van der Waals surface area contributed by atoms with Gasteiger partial charge in [0.2, 0.25) is 11.8 Å². The smallest absolute Gasteiger partial charge is 0.332 e. The van der Waals surface area contributed by atoms with E-state index in [1.165, 1.54) is 27.5 Å². The number of nitrogens with zero attached hydrogens (tertiary/aromatic N) is 6. The maximum atomic E-state index is 13.7. The molecule has 2 fully saturated rings. The Morgan fingerprint density at radius 3 is 2.77 bits per heavy atom. The van der Waals surface area contributed by atoms with Crippen LogP contribution in [0.4, 0.5) is 10.3 Å². The fourth-order valence-corrected chi connectivity index (χ4v) is 5.38. The Hall–Kier alpha value is -3.73. The van der Waals surface area contributed by atoms with E-state index in [-0.39, 0.29) is 24.9 Å². The van der Waals surface area contributed by atoms with Crippen LogP contribution in [0.15, 0.2) is 50.7 Å². The summed E-state index contributed by atoms with van der Waals surface area (Å²) in [4.78, 5) is 38.2. The number of aromatic nitrogens is 5. The number of nitrogens with one attached hydrogen (secondary N) is 1. The van der Waals surface area contributed by atoms with Crippen molar-refractivity contribution in [3.63, 3.8) is 0 Å². The van der Waals surface area contributed by atoms with Crippen LogP contribution in [0.1, 0.15) is 17.9 Å². The summed E-state index contributed by atoms with van der Waals surface area (Å²) in [5.74, 6) is 1.31. The molecule has 182 valence electrons. The molecule has 0 spiro atoms. The molecule has 3 aromatic heterocycles. The van der Waals surface area contributed by atoms with E-state index in [9.17, 15) is 14.0 Å². The van der Waals surface area contributed by atoms with Gasteiger partial charge >= 0.3 is 5.69 Å². The normalized spacial score (nSPS) is 19.7. The zero-order chi connectivity index (χ0) is 24.1. The number of halogens is 1. The van der Waals surface area contributed by atoms with Gasteiger partial charge in [0.05, 0.1) is 6.20 Å². The monoisotopic (exact) mass is 479 g/mol. The van der Waals surface area contributed by atoms with Crippen molar-refractivity contribution < 1.29 is 8.81 Å². The first kappa shape index (κ1) is 21.8. The topological polar surface area (TPSA) is 103 Å². The summed E-state index contributed by atoms with van der Waals surface area (Å²) in [5.41, 5.74) is 0.684. The van der Waals surface area contributed by atoms with Crippen molar-refractivity contribution in [2.75, 3.05) is 24.5 Å². The largest absolute Gasteiger partial charge is 0.447 e. The molecule has 2 aliphatic rings. The van der Waals surface area contributed by atoms with Gasteiger partial charge in [-0.05, 0) is 36.5 Å². The van der Waals surface area contributed by atoms with Crippen molar-refractivity contribution >= 4 is 17.1 Å². The third-order valence-electron chi connectivity index (χ3n) is 7.23. The predicted octanol–water partition coefficient (Wildman–Crippen LogP) is 1.11. The number of anilines is 1. The van der Waals surface area contributed by atoms with Gasteiger partial charge in [-0.3, -0.25) is 18.5 Å². The van der Waals surface area contributed by atoms with Crippen molar-refractivity contribution in [1.29, 1.82) is 0 Å². The minimum atomic E-state index is -0.432. The van der Waals surface area contributed by atoms with E-state index >= 15 is 0 Å². The van der Waals surface area contributed by atoms with Gasteiger partial charge in [0.15, 0.2) is 11.2 Å². The molecule has 0 aliphatic carbocycles. The van der Waals surface area contributed by atoms with Crippen LogP contribution in [0.3, 0.4) is 0 Å². The molecular weight excluding hydrogens is 453 g/mol. The highest BCUT2D eigenvalue weighted by atomic mass is 19.1. The SMILES string of the molecule is Cn1c(=O)n(CCc2ccc(F)cc2)c(=O)c2c1nc(N1CCC3CNCC31)n2Cc1ncco1. The third kappa shape index (κ3) is 3.66. The minimum Gasteiger partial charge on any atom is -0.447 e. The number of benzene rings is 1. The van der Waals surface area contributed by atoms with Gasteiger partial charge in [-0.1, -0.05) is 12.1 Å². The Bertz CT molecular complexity index is 1490. The molecule has 10 nitrogen and oxygen atoms in total. The van der Waals surface area contributed by atoms with E-state index in [1.54, 1.807) is 25.4 Å². The molecule has 4 aromatic rings. The molecule has 6 rings (SSSR count). The molecule has 1 aromatic carbocycles. The highest BCUT2D eigenvalue weighted by Crippen LogP contribution is 2.33. The lowest BCUT2D eigenvalue weighted by Crippen LogP contribution is -2.40. The molecule has 35 heavy (non-hydrogen) atoms. The van der Waals surface area contributed by atoms with Crippen LogP contribution in [-0.2, 0) is 26.6 Å². The molecule has 0 amide bonds. The van der Waals surface area contributed by atoms with E-state index in [2.05, 4.69) is 15.2 Å². The van der Waals surface area contributed by atoms with Crippen molar-refractivity contribution in [3.8, 4) is 0 Å². The zero-order valence-electron chi connectivity index (χ0n) is 19.4. The van der Waals surface area contributed by atoms with Crippen LogP contribution >= 0.6 is 0 Å². The second kappa shape index (κ2) is 8.49. The Morgan fingerprint density at radius 2 is 2.00 bits per heavy atom. The summed E-state index contributed by atoms with van der Waals surface area (Å²) < 4.78 is 23.3. The van der Waals surface area contributed by atoms with Gasteiger partial charge in [-0.15, -0.1) is 0 Å². The van der Waals surface area contributed by atoms with E-state index in [0.717, 1.165) is 31.6 Å². The molecule has 2 saturated heterocycles.